The number of halogens is 2. The molecule has 1 aliphatic heterocycles. The Morgan fingerprint density at radius 3 is 2.65 bits per heavy atom. The van der Waals surface area contributed by atoms with Crippen molar-refractivity contribution < 1.29 is 9.59 Å². The van der Waals surface area contributed by atoms with E-state index in [1.807, 2.05) is 11.8 Å². The molecule has 8 heteroatoms. The fraction of sp³-hybridized carbons (Fsp3) is 0.278. The number of rotatable bonds is 3. The first kappa shape index (κ1) is 21.9. The molecule has 1 aliphatic rings. The van der Waals surface area contributed by atoms with E-state index in [0.717, 1.165) is 13.1 Å². The van der Waals surface area contributed by atoms with E-state index in [4.69, 9.17) is 0 Å². The number of carbonyl (C=O) groups excluding carboxylic acids is 2. The molecule has 1 fully saturated rings. The van der Waals surface area contributed by atoms with Crippen LogP contribution in [0.2, 0.25) is 0 Å². The van der Waals surface area contributed by atoms with Gasteiger partial charge in [-0.3, -0.25) is 14.6 Å². The van der Waals surface area contributed by atoms with Crippen molar-refractivity contribution in [1.29, 1.82) is 0 Å². The smallest absolute Gasteiger partial charge is 0.257 e. The molecule has 2 aromatic rings. The van der Waals surface area contributed by atoms with E-state index in [9.17, 15) is 9.59 Å². The predicted octanol–water partition coefficient (Wildman–Crippen LogP) is 2.61. The van der Waals surface area contributed by atoms with Crippen molar-refractivity contribution in [1.82, 2.24) is 15.2 Å². The maximum atomic E-state index is 12.7. The molecule has 1 saturated heterocycles. The van der Waals surface area contributed by atoms with Gasteiger partial charge in [-0.05, 0) is 37.3 Å². The number of anilines is 1. The van der Waals surface area contributed by atoms with Crippen molar-refractivity contribution in [2.75, 3.05) is 25.0 Å². The van der Waals surface area contributed by atoms with E-state index in [1.54, 1.807) is 42.6 Å². The molecule has 6 nitrogen and oxygen atoms in total. The van der Waals surface area contributed by atoms with Gasteiger partial charge in [0.1, 0.15) is 0 Å². The van der Waals surface area contributed by atoms with Crippen LogP contribution in [0.1, 0.15) is 27.6 Å². The lowest BCUT2D eigenvalue weighted by Crippen LogP contribution is -2.52. The Morgan fingerprint density at radius 1 is 1.19 bits per heavy atom. The summed E-state index contributed by atoms with van der Waals surface area (Å²) < 4.78 is 0. The average Bonchev–Trinajstić information content (AvgIpc) is 2.62. The fourth-order valence-corrected chi connectivity index (χ4v) is 2.74. The number of piperazine rings is 1. The summed E-state index contributed by atoms with van der Waals surface area (Å²) in [5.74, 6) is -0.260. The van der Waals surface area contributed by atoms with E-state index in [1.165, 1.54) is 6.20 Å². The third kappa shape index (κ3) is 5.17. The van der Waals surface area contributed by atoms with E-state index < -0.39 is 0 Å². The summed E-state index contributed by atoms with van der Waals surface area (Å²) in [5, 5.41) is 6.08. The van der Waals surface area contributed by atoms with Crippen LogP contribution in [0.4, 0.5) is 5.69 Å². The monoisotopic (exact) mass is 396 g/mol. The molecule has 2 N–H and O–H groups in total. The predicted molar refractivity (Wildman–Crippen MR) is 106 cm³/mol. The van der Waals surface area contributed by atoms with Gasteiger partial charge >= 0.3 is 0 Å². The average molecular weight is 397 g/mol. The van der Waals surface area contributed by atoms with Gasteiger partial charge in [0.05, 0.1) is 5.56 Å². The number of nitrogens with zero attached hydrogens (tertiary/aromatic N) is 2. The molecular weight excluding hydrogens is 375 g/mol. The number of carbonyl (C=O) groups is 2. The first-order valence-electron chi connectivity index (χ1n) is 7.98. The minimum atomic E-state index is -0.247. The molecule has 2 amide bonds. The Morgan fingerprint density at radius 2 is 1.96 bits per heavy atom. The highest BCUT2D eigenvalue weighted by molar-refractivity contribution is 6.05. The van der Waals surface area contributed by atoms with Crippen LogP contribution in [0.15, 0.2) is 48.8 Å². The van der Waals surface area contributed by atoms with Gasteiger partial charge in [0, 0.05) is 49.3 Å². The van der Waals surface area contributed by atoms with E-state index in [2.05, 4.69) is 15.6 Å². The van der Waals surface area contributed by atoms with Crippen LogP contribution in [0.3, 0.4) is 0 Å². The van der Waals surface area contributed by atoms with Crippen molar-refractivity contribution in [3.05, 3.63) is 59.9 Å². The third-order valence-corrected chi connectivity index (χ3v) is 4.05. The molecule has 0 spiro atoms. The highest BCUT2D eigenvalue weighted by Gasteiger charge is 2.24. The second-order valence-corrected chi connectivity index (χ2v) is 5.83. The zero-order chi connectivity index (χ0) is 16.9. The Bertz CT molecular complexity index is 743. The molecule has 26 heavy (non-hydrogen) atoms. The third-order valence-electron chi connectivity index (χ3n) is 4.05. The minimum Gasteiger partial charge on any atom is -0.333 e. The minimum absolute atomic E-state index is 0. The molecule has 0 saturated carbocycles. The molecule has 2 heterocycles. The first-order chi connectivity index (χ1) is 11.6. The van der Waals surface area contributed by atoms with Crippen molar-refractivity contribution in [2.45, 2.75) is 13.0 Å². The van der Waals surface area contributed by atoms with Crippen LogP contribution in [0.25, 0.3) is 0 Å². The zero-order valence-electron chi connectivity index (χ0n) is 14.3. The Labute approximate surface area is 165 Å². The Hall–Kier alpha value is -2.15. The number of pyridine rings is 1. The summed E-state index contributed by atoms with van der Waals surface area (Å²) >= 11 is 0. The number of amides is 2. The summed E-state index contributed by atoms with van der Waals surface area (Å²) in [7, 11) is 0. The SMILES string of the molecule is C[C@H]1CNCCN1C(=O)c1cccc(NC(=O)c2cccnc2)c1.Cl.Cl. The molecule has 0 radical (unpaired) electrons. The Balaban J connectivity index is 0.00000169. The van der Waals surface area contributed by atoms with Gasteiger partial charge in [0.25, 0.3) is 11.8 Å². The van der Waals surface area contributed by atoms with Gasteiger partial charge < -0.3 is 15.5 Å². The molecule has 140 valence electrons. The van der Waals surface area contributed by atoms with Crippen LogP contribution in [-0.2, 0) is 0 Å². The second kappa shape index (κ2) is 10.1. The summed E-state index contributed by atoms with van der Waals surface area (Å²) in [5.41, 5.74) is 1.65. The summed E-state index contributed by atoms with van der Waals surface area (Å²) in [6, 6.07) is 10.6. The zero-order valence-corrected chi connectivity index (χ0v) is 16.0. The maximum absolute atomic E-state index is 12.7. The maximum Gasteiger partial charge on any atom is 0.257 e. The number of nitrogens with one attached hydrogen (secondary N) is 2. The van der Waals surface area contributed by atoms with Crippen LogP contribution >= 0.6 is 24.8 Å². The molecule has 1 aromatic heterocycles. The van der Waals surface area contributed by atoms with Gasteiger partial charge in [-0.2, -0.15) is 0 Å². The van der Waals surface area contributed by atoms with E-state index in [0.29, 0.717) is 23.4 Å². The summed E-state index contributed by atoms with van der Waals surface area (Å²) in [6.07, 6.45) is 3.12. The van der Waals surface area contributed by atoms with Crippen LogP contribution in [0.5, 0.6) is 0 Å². The van der Waals surface area contributed by atoms with Crippen LogP contribution in [0, 0.1) is 0 Å². The summed E-state index contributed by atoms with van der Waals surface area (Å²) in [6.45, 7) is 4.31. The van der Waals surface area contributed by atoms with Gasteiger partial charge in [0.15, 0.2) is 0 Å². The highest BCUT2D eigenvalue weighted by Crippen LogP contribution is 2.16. The van der Waals surface area contributed by atoms with Gasteiger partial charge in [-0.25, -0.2) is 0 Å². The highest BCUT2D eigenvalue weighted by atomic mass is 35.5. The Kier molecular flexibility index (Phi) is 8.51. The lowest BCUT2D eigenvalue weighted by molar-refractivity contribution is 0.0655. The quantitative estimate of drug-likeness (QED) is 0.835. The van der Waals surface area contributed by atoms with E-state index in [-0.39, 0.29) is 42.7 Å². The molecule has 0 aliphatic carbocycles. The van der Waals surface area contributed by atoms with Crippen LogP contribution in [-0.4, -0.2) is 47.4 Å². The molecule has 3 rings (SSSR count). The molecule has 0 unspecified atom stereocenters. The first-order valence-corrected chi connectivity index (χ1v) is 7.98. The topological polar surface area (TPSA) is 74.3 Å². The summed E-state index contributed by atoms with van der Waals surface area (Å²) in [4.78, 5) is 30.7. The molecule has 0 bridgehead atoms. The van der Waals surface area contributed by atoms with Crippen molar-refractivity contribution in [2.24, 2.45) is 0 Å². The van der Waals surface area contributed by atoms with Gasteiger partial charge in [-0.15, -0.1) is 24.8 Å². The number of hydrogen-bond donors (Lipinski definition) is 2. The standard InChI is InChI=1S/C18H20N4O2.2ClH/c1-13-11-20-8-9-22(13)18(24)14-4-2-6-16(10-14)21-17(23)15-5-3-7-19-12-15;;/h2-7,10,12-13,20H,8-9,11H2,1H3,(H,21,23);2*1H/t13-;;/m0../s1. The number of benzene rings is 1. The number of aromatic nitrogens is 1. The molecule has 1 aromatic carbocycles. The van der Waals surface area contributed by atoms with E-state index >= 15 is 0 Å². The van der Waals surface area contributed by atoms with Gasteiger partial charge in [-0.1, -0.05) is 6.07 Å². The van der Waals surface area contributed by atoms with Gasteiger partial charge in [0.2, 0.25) is 0 Å². The second-order valence-electron chi connectivity index (χ2n) is 5.83. The molecule has 1 atom stereocenters. The fourth-order valence-electron chi connectivity index (χ4n) is 2.74. The lowest BCUT2D eigenvalue weighted by atomic mass is 10.1. The van der Waals surface area contributed by atoms with Crippen molar-refractivity contribution >= 4 is 42.3 Å². The number of hydrogen-bond acceptors (Lipinski definition) is 4. The normalized spacial score (nSPS) is 16.0. The lowest BCUT2D eigenvalue weighted by Gasteiger charge is -2.34. The van der Waals surface area contributed by atoms with Crippen molar-refractivity contribution in [3.8, 4) is 0 Å². The van der Waals surface area contributed by atoms with Crippen molar-refractivity contribution in [3.63, 3.8) is 0 Å². The molecular formula is C18H22Cl2N4O2. The largest absolute Gasteiger partial charge is 0.333 e. The van der Waals surface area contributed by atoms with Crippen LogP contribution < -0.4 is 10.6 Å².